The molecule has 0 aliphatic rings. The first kappa shape index (κ1) is 13.9. The highest BCUT2D eigenvalue weighted by Crippen LogP contribution is 2.14. The van der Waals surface area contributed by atoms with Gasteiger partial charge in [0.1, 0.15) is 11.0 Å². The van der Waals surface area contributed by atoms with Crippen LogP contribution in [0.4, 0.5) is 4.39 Å². The molecule has 1 amide bonds. The van der Waals surface area contributed by atoms with Crippen molar-refractivity contribution < 1.29 is 14.3 Å². The molecule has 1 aromatic heterocycles. The van der Waals surface area contributed by atoms with Crippen LogP contribution in [0.1, 0.15) is 24.2 Å². The predicted molar refractivity (Wildman–Crippen MR) is 62.4 cm³/mol. The molecule has 0 aromatic carbocycles. The van der Waals surface area contributed by atoms with E-state index in [-0.39, 0.29) is 23.2 Å². The van der Waals surface area contributed by atoms with E-state index in [1.165, 1.54) is 0 Å². The predicted octanol–water partition coefficient (Wildman–Crippen LogP) is 1.62. The molecule has 6 heteroatoms. The summed E-state index contributed by atoms with van der Waals surface area (Å²) in [5.41, 5.74) is -0.0363. The second-order valence-corrected chi connectivity index (χ2v) is 4.36. The molecule has 4 nitrogen and oxygen atoms in total. The van der Waals surface area contributed by atoms with Gasteiger partial charge in [-0.25, -0.2) is 9.37 Å². The van der Waals surface area contributed by atoms with Crippen molar-refractivity contribution in [1.82, 2.24) is 10.3 Å². The smallest absolute Gasteiger partial charge is 0.254 e. The molecule has 2 N–H and O–H groups in total. The Morgan fingerprint density at radius 1 is 1.65 bits per heavy atom. The van der Waals surface area contributed by atoms with Crippen molar-refractivity contribution in [2.24, 2.45) is 5.92 Å². The lowest BCUT2D eigenvalue weighted by Crippen LogP contribution is -2.41. The second kappa shape index (κ2) is 5.93. The maximum absolute atomic E-state index is 12.9. The Balaban J connectivity index is 2.86. The SMILES string of the molecule is CC(C)[C@@H](CO)NC(=O)c1cc(F)cnc1Cl. The van der Waals surface area contributed by atoms with E-state index in [0.29, 0.717) is 0 Å². The number of amides is 1. The van der Waals surface area contributed by atoms with Crippen molar-refractivity contribution in [2.75, 3.05) is 6.61 Å². The number of halogens is 2. The lowest BCUT2D eigenvalue weighted by atomic mass is 10.1. The number of carbonyl (C=O) groups excluding carboxylic acids is 1. The fraction of sp³-hybridized carbons (Fsp3) is 0.455. The normalized spacial score (nSPS) is 12.6. The second-order valence-electron chi connectivity index (χ2n) is 4.00. The van der Waals surface area contributed by atoms with Crippen molar-refractivity contribution in [3.63, 3.8) is 0 Å². The summed E-state index contributed by atoms with van der Waals surface area (Å²) >= 11 is 5.70. The fourth-order valence-corrected chi connectivity index (χ4v) is 1.44. The van der Waals surface area contributed by atoms with Crippen LogP contribution in [-0.2, 0) is 0 Å². The zero-order chi connectivity index (χ0) is 13.0. The van der Waals surface area contributed by atoms with Crippen molar-refractivity contribution >= 4 is 17.5 Å². The Hall–Kier alpha value is -1.20. The van der Waals surface area contributed by atoms with Gasteiger partial charge in [-0.3, -0.25) is 4.79 Å². The largest absolute Gasteiger partial charge is 0.394 e. The zero-order valence-electron chi connectivity index (χ0n) is 9.58. The molecule has 0 fully saturated rings. The van der Waals surface area contributed by atoms with Gasteiger partial charge < -0.3 is 10.4 Å². The highest BCUT2D eigenvalue weighted by Gasteiger charge is 2.19. The lowest BCUT2D eigenvalue weighted by Gasteiger charge is -2.20. The van der Waals surface area contributed by atoms with E-state index in [4.69, 9.17) is 16.7 Å². The third-order valence-corrected chi connectivity index (χ3v) is 2.67. The quantitative estimate of drug-likeness (QED) is 0.809. The monoisotopic (exact) mass is 260 g/mol. The standard InChI is InChI=1S/C11H14ClFN2O2/c1-6(2)9(5-16)15-11(17)8-3-7(13)4-14-10(8)12/h3-4,6,9,16H,5H2,1-2H3,(H,15,17)/t9-/m1/s1. The highest BCUT2D eigenvalue weighted by atomic mass is 35.5. The Morgan fingerprint density at radius 2 is 2.29 bits per heavy atom. The third-order valence-electron chi connectivity index (χ3n) is 2.37. The van der Waals surface area contributed by atoms with Crippen molar-refractivity contribution in [3.05, 3.63) is 28.8 Å². The van der Waals surface area contributed by atoms with Gasteiger partial charge in [-0.1, -0.05) is 25.4 Å². The highest BCUT2D eigenvalue weighted by molar-refractivity contribution is 6.32. The molecule has 0 saturated carbocycles. The summed E-state index contributed by atoms with van der Waals surface area (Å²) < 4.78 is 12.9. The maximum Gasteiger partial charge on any atom is 0.254 e. The van der Waals surface area contributed by atoms with Crippen LogP contribution in [0.5, 0.6) is 0 Å². The van der Waals surface area contributed by atoms with Crippen molar-refractivity contribution in [1.29, 1.82) is 0 Å². The summed E-state index contributed by atoms with van der Waals surface area (Å²) in [5.74, 6) is -1.12. The number of aromatic nitrogens is 1. The van der Waals surface area contributed by atoms with Crippen LogP contribution in [0.3, 0.4) is 0 Å². The number of hydrogen-bond acceptors (Lipinski definition) is 3. The molecule has 94 valence electrons. The Bertz CT molecular complexity index is 412. The molecular formula is C11H14ClFN2O2. The molecule has 0 saturated heterocycles. The lowest BCUT2D eigenvalue weighted by molar-refractivity contribution is 0.0896. The Morgan fingerprint density at radius 3 is 2.82 bits per heavy atom. The summed E-state index contributed by atoms with van der Waals surface area (Å²) in [6.45, 7) is 3.52. The van der Waals surface area contributed by atoms with Crippen molar-refractivity contribution in [2.45, 2.75) is 19.9 Å². The molecule has 0 unspecified atom stereocenters. The summed E-state index contributed by atoms with van der Waals surface area (Å²) in [5, 5.41) is 11.6. The first-order valence-electron chi connectivity index (χ1n) is 5.18. The van der Waals surface area contributed by atoms with E-state index in [2.05, 4.69) is 10.3 Å². The molecule has 0 aliphatic carbocycles. The number of carbonyl (C=O) groups is 1. The van der Waals surface area contributed by atoms with Crippen LogP contribution in [0.2, 0.25) is 5.15 Å². The molecular weight excluding hydrogens is 247 g/mol. The van der Waals surface area contributed by atoms with Gasteiger partial charge in [0.15, 0.2) is 0 Å². The molecule has 1 aromatic rings. The summed E-state index contributed by atoms with van der Waals surface area (Å²) in [6, 6.07) is 0.612. The first-order chi connectivity index (χ1) is 7.95. The maximum atomic E-state index is 12.9. The van der Waals surface area contributed by atoms with Gasteiger partial charge in [0.2, 0.25) is 0 Å². The zero-order valence-corrected chi connectivity index (χ0v) is 10.3. The summed E-state index contributed by atoms with van der Waals surface area (Å²) in [4.78, 5) is 15.3. The fourth-order valence-electron chi connectivity index (χ4n) is 1.25. The van der Waals surface area contributed by atoms with E-state index >= 15 is 0 Å². The number of nitrogens with zero attached hydrogens (tertiary/aromatic N) is 1. The minimum absolute atomic E-state index is 0.0363. The van der Waals surface area contributed by atoms with Crippen LogP contribution < -0.4 is 5.32 Å². The molecule has 0 bridgehead atoms. The number of pyridine rings is 1. The molecule has 17 heavy (non-hydrogen) atoms. The van der Waals surface area contributed by atoms with Gasteiger partial charge in [0.05, 0.1) is 24.4 Å². The molecule has 1 atom stereocenters. The average molecular weight is 261 g/mol. The molecule has 1 rings (SSSR count). The van der Waals surface area contributed by atoms with Gasteiger partial charge in [0.25, 0.3) is 5.91 Å². The number of hydrogen-bond donors (Lipinski definition) is 2. The van der Waals surface area contributed by atoms with Gasteiger partial charge in [-0.05, 0) is 12.0 Å². The van der Waals surface area contributed by atoms with Crippen LogP contribution >= 0.6 is 11.6 Å². The summed E-state index contributed by atoms with van der Waals surface area (Å²) in [6.07, 6.45) is 0.936. The van der Waals surface area contributed by atoms with Crippen LogP contribution in [0, 0.1) is 11.7 Å². The Labute approximate surface area is 104 Å². The molecule has 0 aliphatic heterocycles. The van der Waals surface area contributed by atoms with Crippen molar-refractivity contribution in [3.8, 4) is 0 Å². The third kappa shape index (κ3) is 3.64. The molecule has 1 heterocycles. The van der Waals surface area contributed by atoms with E-state index in [0.717, 1.165) is 12.3 Å². The average Bonchev–Trinajstić information content (AvgIpc) is 2.28. The van der Waals surface area contributed by atoms with E-state index in [1.54, 1.807) is 0 Å². The van der Waals surface area contributed by atoms with Gasteiger partial charge >= 0.3 is 0 Å². The molecule has 0 radical (unpaired) electrons. The van der Waals surface area contributed by atoms with Crippen LogP contribution in [0.15, 0.2) is 12.3 Å². The number of aliphatic hydroxyl groups excluding tert-OH is 1. The van der Waals surface area contributed by atoms with Crippen LogP contribution in [0.25, 0.3) is 0 Å². The number of nitrogens with one attached hydrogen (secondary N) is 1. The Kier molecular flexibility index (Phi) is 4.84. The van der Waals surface area contributed by atoms with Gasteiger partial charge in [-0.2, -0.15) is 0 Å². The first-order valence-corrected chi connectivity index (χ1v) is 5.56. The van der Waals surface area contributed by atoms with Gasteiger partial charge in [-0.15, -0.1) is 0 Å². The van der Waals surface area contributed by atoms with E-state index < -0.39 is 17.8 Å². The minimum Gasteiger partial charge on any atom is -0.394 e. The van der Waals surface area contributed by atoms with Crippen LogP contribution in [-0.4, -0.2) is 28.6 Å². The van der Waals surface area contributed by atoms with E-state index in [1.807, 2.05) is 13.8 Å². The topological polar surface area (TPSA) is 62.2 Å². The molecule has 0 spiro atoms. The number of aliphatic hydroxyl groups is 1. The minimum atomic E-state index is -0.635. The van der Waals surface area contributed by atoms with E-state index in [9.17, 15) is 9.18 Å². The van der Waals surface area contributed by atoms with Gasteiger partial charge in [0, 0.05) is 0 Å². The number of rotatable bonds is 4. The summed E-state index contributed by atoms with van der Waals surface area (Å²) in [7, 11) is 0.